The number of Topliss-reactive ketones (excluding diaryl/α,β-unsaturated/α-hetero) is 1. The number of alkyl halides is 6. The fraction of sp³-hybridized carbons (Fsp3) is 0.519. The molecule has 208 valence electrons. The Balaban J connectivity index is 1.33. The third kappa shape index (κ3) is 7.19. The molecule has 38 heavy (non-hydrogen) atoms. The van der Waals surface area contributed by atoms with Crippen LogP contribution in [0, 0.1) is 0 Å². The zero-order valence-electron chi connectivity index (χ0n) is 21.2. The van der Waals surface area contributed by atoms with Crippen LogP contribution in [0.4, 0.5) is 37.7 Å². The minimum atomic E-state index is -4.39. The van der Waals surface area contributed by atoms with E-state index in [4.69, 9.17) is 0 Å². The van der Waals surface area contributed by atoms with E-state index in [-0.39, 0.29) is 18.0 Å². The highest BCUT2D eigenvalue weighted by atomic mass is 19.4. The number of rotatable bonds is 7. The standard InChI is InChI=1S/C27H32F6N4O/c1-19(38)17-25(37-15-13-35(14-16-37)24-7-5-20(6-8-24)26(28,29)30)36-11-9-22(10-12-36)34-23-4-2-3-21(18-23)27(31,32)33/h2-8,18,22,25,34H,9-17H2,1H3. The number of nitrogens with one attached hydrogen (secondary N) is 1. The van der Waals surface area contributed by atoms with Gasteiger partial charge in [0.1, 0.15) is 5.78 Å². The Kier molecular flexibility index (Phi) is 8.56. The van der Waals surface area contributed by atoms with Crippen molar-refractivity contribution in [2.24, 2.45) is 0 Å². The maximum atomic E-state index is 13.0. The van der Waals surface area contributed by atoms with Crippen molar-refractivity contribution in [2.75, 3.05) is 49.5 Å². The van der Waals surface area contributed by atoms with Crippen molar-refractivity contribution < 1.29 is 31.1 Å². The summed E-state index contributed by atoms with van der Waals surface area (Å²) < 4.78 is 77.7. The number of ketones is 1. The van der Waals surface area contributed by atoms with E-state index in [1.807, 2.05) is 4.90 Å². The van der Waals surface area contributed by atoms with Gasteiger partial charge in [0.15, 0.2) is 0 Å². The fourth-order valence-electron chi connectivity index (χ4n) is 5.25. The average molecular weight is 543 g/mol. The molecule has 2 aliphatic rings. The lowest BCUT2D eigenvalue weighted by Crippen LogP contribution is -2.58. The Hall–Kier alpha value is -2.79. The summed E-state index contributed by atoms with van der Waals surface area (Å²) >= 11 is 0. The first-order chi connectivity index (χ1) is 17.9. The molecular formula is C27H32F6N4O. The van der Waals surface area contributed by atoms with Gasteiger partial charge in [0, 0.05) is 63.1 Å². The second kappa shape index (κ2) is 11.5. The molecule has 0 radical (unpaired) electrons. The van der Waals surface area contributed by atoms with E-state index in [1.54, 1.807) is 13.0 Å². The van der Waals surface area contributed by atoms with Crippen LogP contribution in [-0.2, 0) is 17.1 Å². The van der Waals surface area contributed by atoms with Crippen LogP contribution >= 0.6 is 0 Å². The van der Waals surface area contributed by atoms with Gasteiger partial charge in [-0.25, -0.2) is 0 Å². The van der Waals surface area contributed by atoms with Gasteiger partial charge in [-0.15, -0.1) is 0 Å². The molecule has 11 heteroatoms. The van der Waals surface area contributed by atoms with Crippen molar-refractivity contribution in [1.82, 2.24) is 9.80 Å². The molecule has 1 N–H and O–H groups in total. The summed E-state index contributed by atoms with van der Waals surface area (Å²) in [6, 6.07) is 10.4. The Morgan fingerprint density at radius 3 is 1.97 bits per heavy atom. The number of piperazine rings is 1. The van der Waals surface area contributed by atoms with Gasteiger partial charge >= 0.3 is 12.4 Å². The smallest absolute Gasteiger partial charge is 0.382 e. The van der Waals surface area contributed by atoms with Gasteiger partial charge in [-0.05, 0) is 62.2 Å². The minimum Gasteiger partial charge on any atom is -0.382 e. The summed E-state index contributed by atoms with van der Waals surface area (Å²) in [5.41, 5.74) is -0.176. The monoisotopic (exact) mass is 542 g/mol. The molecule has 2 heterocycles. The zero-order chi connectivity index (χ0) is 27.5. The molecule has 2 saturated heterocycles. The number of hydrogen-bond acceptors (Lipinski definition) is 5. The van der Waals surface area contributed by atoms with Gasteiger partial charge in [-0.2, -0.15) is 26.3 Å². The molecule has 0 spiro atoms. The molecule has 2 fully saturated rings. The van der Waals surface area contributed by atoms with Gasteiger partial charge in [-0.3, -0.25) is 14.6 Å². The molecule has 0 aromatic heterocycles. The molecule has 0 saturated carbocycles. The van der Waals surface area contributed by atoms with Crippen molar-refractivity contribution in [3.8, 4) is 0 Å². The highest BCUT2D eigenvalue weighted by molar-refractivity contribution is 5.76. The van der Waals surface area contributed by atoms with Crippen LogP contribution in [0.25, 0.3) is 0 Å². The molecule has 4 rings (SSSR count). The number of anilines is 2. The van der Waals surface area contributed by atoms with Crippen LogP contribution in [0.1, 0.15) is 37.3 Å². The van der Waals surface area contributed by atoms with Gasteiger partial charge in [-0.1, -0.05) is 6.07 Å². The molecule has 2 aliphatic heterocycles. The summed E-state index contributed by atoms with van der Waals surface area (Å²) in [6.45, 7) is 5.57. The molecule has 5 nitrogen and oxygen atoms in total. The Bertz CT molecular complexity index is 1070. The fourth-order valence-corrected chi connectivity index (χ4v) is 5.25. The summed E-state index contributed by atoms with van der Waals surface area (Å²) in [4.78, 5) is 18.7. The first kappa shape index (κ1) is 28.2. The lowest BCUT2D eigenvalue weighted by molar-refractivity contribution is -0.138. The molecular weight excluding hydrogens is 510 g/mol. The van der Waals surface area contributed by atoms with Crippen LogP contribution < -0.4 is 10.2 Å². The number of benzene rings is 2. The van der Waals surface area contributed by atoms with E-state index >= 15 is 0 Å². The summed E-state index contributed by atoms with van der Waals surface area (Å²) in [5, 5.41) is 3.23. The Labute approximate surface area is 218 Å². The van der Waals surface area contributed by atoms with Crippen LogP contribution in [0.15, 0.2) is 48.5 Å². The second-order valence-electron chi connectivity index (χ2n) is 9.99. The van der Waals surface area contributed by atoms with Crippen molar-refractivity contribution in [3.63, 3.8) is 0 Å². The maximum absolute atomic E-state index is 13.0. The first-order valence-corrected chi connectivity index (χ1v) is 12.7. The highest BCUT2D eigenvalue weighted by Crippen LogP contribution is 2.32. The molecule has 1 unspecified atom stereocenters. The van der Waals surface area contributed by atoms with E-state index in [1.165, 1.54) is 18.2 Å². The Morgan fingerprint density at radius 1 is 0.842 bits per heavy atom. The van der Waals surface area contributed by atoms with Crippen LogP contribution in [-0.4, -0.2) is 67.1 Å². The van der Waals surface area contributed by atoms with E-state index in [0.29, 0.717) is 51.4 Å². The Morgan fingerprint density at radius 2 is 1.42 bits per heavy atom. The lowest BCUT2D eigenvalue weighted by Gasteiger charge is -2.46. The average Bonchev–Trinajstić information content (AvgIpc) is 2.87. The third-order valence-corrected chi connectivity index (χ3v) is 7.28. The van der Waals surface area contributed by atoms with E-state index < -0.39 is 23.5 Å². The van der Waals surface area contributed by atoms with Crippen LogP contribution in [0.2, 0.25) is 0 Å². The SMILES string of the molecule is CC(=O)CC(N1CCC(Nc2cccc(C(F)(F)F)c2)CC1)N1CCN(c2ccc(C(F)(F)F)cc2)CC1. The first-order valence-electron chi connectivity index (χ1n) is 12.7. The van der Waals surface area contributed by atoms with Crippen molar-refractivity contribution >= 4 is 17.2 Å². The van der Waals surface area contributed by atoms with E-state index in [2.05, 4.69) is 15.1 Å². The highest BCUT2D eigenvalue weighted by Gasteiger charge is 2.34. The number of nitrogens with zero attached hydrogens (tertiary/aromatic N) is 3. The van der Waals surface area contributed by atoms with Gasteiger partial charge in [0.05, 0.1) is 17.3 Å². The van der Waals surface area contributed by atoms with Crippen molar-refractivity contribution in [3.05, 3.63) is 59.7 Å². The molecule has 2 aromatic carbocycles. The molecule has 0 bridgehead atoms. The molecule has 1 atom stereocenters. The van der Waals surface area contributed by atoms with Crippen LogP contribution in [0.5, 0.6) is 0 Å². The molecule has 2 aromatic rings. The number of likely N-dealkylation sites (tertiary alicyclic amines) is 1. The topological polar surface area (TPSA) is 38.8 Å². The number of carbonyl (C=O) groups excluding carboxylic acids is 1. The summed E-state index contributed by atoms with van der Waals surface area (Å²) in [7, 11) is 0. The largest absolute Gasteiger partial charge is 0.416 e. The predicted octanol–water partition coefficient (Wildman–Crippen LogP) is 5.73. The van der Waals surface area contributed by atoms with Gasteiger partial charge in [0.2, 0.25) is 0 Å². The zero-order valence-corrected chi connectivity index (χ0v) is 21.2. The number of carbonyl (C=O) groups is 1. The third-order valence-electron chi connectivity index (χ3n) is 7.28. The quantitative estimate of drug-likeness (QED) is 0.453. The predicted molar refractivity (Wildman–Crippen MR) is 134 cm³/mol. The minimum absolute atomic E-state index is 0.0317. The van der Waals surface area contributed by atoms with Crippen molar-refractivity contribution in [2.45, 2.75) is 50.7 Å². The van der Waals surface area contributed by atoms with Crippen molar-refractivity contribution in [1.29, 1.82) is 0 Å². The van der Waals surface area contributed by atoms with Crippen LogP contribution in [0.3, 0.4) is 0 Å². The molecule has 0 aliphatic carbocycles. The normalized spacial score (nSPS) is 19.4. The van der Waals surface area contributed by atoms with E-state index in [9.17, 15) is 31.1 Å². The lowest BCUT2D eigenvalue weighted by atomic mass is 10.0. The molecule has 0 amide bonds. The number of halogens is 6. The number of piperidine rings is 1. The van der Waals surface area contributed by atoms with E-state index in [0.717, 1.165) is 42.8 Å². The number of hydrogen-bond donors (Lipinski definition) is 1. The van der Waals surface area contributed by atoms with Gasteiger partial charge in [0.25, 0.3) is 0 Å². The summed E-state index contributed by atoms with van der Waals surface area (Å²) in [6.07, 6.45) is -7.01. The summed E-state index contributed by atoms with van der Waals surface area (Å²) in [5.74, 6) is 0.0735. The van der Waals surface area contributed by atoms with Gasteiger partial charge < -0.3 is 10.2 Å². The second-order valence-corrected chi connectivity index (χ2v) is 9.99. The maximum Gasteiger partial charge on any atom is 0.416 e.